The van der Waals surface area contributed by atoms with Crippen molar-refractivity contribution in [3.63, 3.8) is 0 Å². The van der Waals surface area contributed by atoms with Crippen LogP contribution in [0, 0.1) is 13.8 Å². The maximum absolute atomic E-state index is 11.6. The number of carboxylic acids is 1. The Kier molecular flexibility index (Phi) is 3.03. The van der Waals surface area contributed by atoms with Gasteiger partial charge in [0, 0.05) is 16.3 Å². The van der Waals surface area contributed by atoms with Crippen LogP contribution in [0.3, 0.4) is 0 Å². The highest BCUT2D eigenvalue weighted by Crippen LogP contribution is 2.29. The second-order valence-corrected chi connectivity index (χ2v) is 5.58. The molecule has 0 unspecified atom stereocenters. The molecule has 2 aromatic heterocycles. The van der Waals surface area contributed by atoms with Crippen LogP contribution in [0.15, 0.2) is 35.0 Å². The van der Waals surface area contributed by atoms with Crippen LogP contribution in [0.4, 0.5) is 0 Å². The quantitative estimate of drug-likeness (QED) is 0.763. The van der Waals surface area contributed by atoms with Gasteiger partial charge in [0.05, 0.1) is 16.8 Å². The van der Waals surface area contributed by atoms with Crippen molar-refractivity contribution >= 4 is 28.2 Å². The van der Waals surface area contributed by atoms with Crippen molar-refractivity contribution in [2.45, 2.75) is 13.8 Å². The van der Waals surface area contributed by atoms with E-state index >= 15 is 0 Å². The topological polar surface area (TPSA) is 50.2 Å². The summed E-state index contributed by atoms with van der Waals surface area (Å²) in [4.78, 5) is 16.2. The average molecular weight is 283 g/mol. The zero-order chi connectivity index (χ0) is 14.3. The van der Waals surface area contributed by atoms with Gasteiger partial charge in [0.1, 0.15) is 0 Å². The van der Waals surface area contributed by atoms with Crippen molar-refractivity contribution in [2.24, 2.45) is 0 Å². The fraction of sp³-hybridized carbons (Fsp3) is 0.125. The lowest BCUT2D eigenvalue weighted by atomic mass is 9.99. The molecule has 3 rings (SSSR count). The minimum Gasteiger partial charge on any atom is -0.478 e. The highest BCUT2D eigenvalue weighted by atomic mass is 32.1. The van der Waals surface area contributed by atoms with E-state index in [1.54, 1.807) is 17.4 Å². The van der Waals surface area contributed by atoms with E-state index in [1.165, 1.54) is 0 Å². The summed E-state index contributed by atoms with van der Waals surface area (Å²) in [5, 5.41) is 14.2. The Bertz CT molecular complexity index is 807. The van der Waals surface area contributed by atoms with E-state index < -0.39 is 5.97 Å². The smallest absolute Gasteiger partial charge is 0.336 e. The molecule has 0 saturated carbocycles. The molecule has 4 heteroatoms. The maximum Gasteiger partial charge on any atom is 0.336 e. The molecule has 1 aromatic carbocycles. The molecule has 0 radical (unpaired) electrons. The number of hydrogen-bond donors (Lipinski definition) is 1. The SMILES string of the molecule is Cc1ccc(C)c2c(C(=O)O)cc(-c3ccsc3)nc12. The average Bonchev–Trinajstić information content (AvgIpc) is 2.96. The Morgan fingerprint density at radius 1 is 1.20 bits per heavy atom. The Balaban J connectivity index is 2.43. The normalized spacial score (nSPS) is 10.9. The van der Waals surface area contributed by atoms with Crippen LogP contribution in [0.5, 0.6) is 0 Å². The van der Waals surface area contributed by atoms with Gasteiger partial charge in [0.25, 0.3) is 0 Å². The molecule has 0 spiro atoms. The summed E-state index contributed by atoms with van der Waals surface area (Å²) in [5.74, 6) is -0.914. The maximum atomic E-state index is 11.6. The molecule has 3 nitrogen and oxygen atoms in total. The number of rotatable bonds is 2. The van der Waals surface area contributed by atoms with Gasteiger partial charge >= 0.3 is 5.97 Å². The van der Waals surface area contributed by atoms with Gasteiger partial charge in [-0.05, 0) is 42.5 Å². The third-order valence-corrected chi connectivity index (χ3v) is 4.10. The monoisotopic (exact) mass is 283 g/mol. The molecule has 0 aliphatic rings. The lowest BCUT2D eigenvalue weighted by Gasteiger charge is -2.10. The standard InChI is InChI=1S/C16H13NO2S/c1-9-3-4-10(2)15-14(9)12(16(18)19)7-13(17-15)11-5-6-20-8-11/h3-8H,1-2H3,(H,18,19). The number of carboxylic acid groups (broad SMARTS) is 1. The number of carbonyl (C=O) groups is 1. The Morgan fingerprint density at radius 3 is 2.60 bits per heavy atom. The van der Waals surface area contributed by atoms with Crippen LogP contribution in [0.25, 0.3) is 22.2 Å². The van der Waals surface area contributed by atoms with E-state index in [4.69, 9.17) is 0 Å². The van der Waals surface area contributed by atoms with Crippen molar-refractivity contribution in [3.8, 4) is 11.3 Å². The fourth-order valence-electron chi connectivity index (χ4n) is 2.37. The number of aromatic carboxylic acids is 1. The van der Waals surface area contributed by atoms with E-state index in [1.807, 2.05) is 42.8 Å². The number of aryl methyl sites for hydroxylation is 2. The highest BCUT2D eigenvalue weighted by Gasteiger charge is 2.16. The molecular formula is C16H13NO2S. The van der Waals surface area contributed by atoms with E-state index in [-0.39, 0.29) is 0 Å². The van der Waals surface area contributed by atoms with Crippen molar-refractivity contribution < 1.29 is 9.90 Å². The van der Waals surface area contributed by atoms with Gasteiger partial charge in [-0.25, -0.2) is 9.78 Å². The lowest BCUT2D eigenvalue weighted by molar-refractivity contribution is 0.0699. The second kappa shape index (κ2) is 4.72. The summed E-state index contributed by atoms with van der Waals surface area (Å²) < 4.78 is 0. The molecule has 0 aliphatic heterocycles. The number of thiophene rings is 1. The second-order valence-electron chi connectivity index (χ2n) is 4.80. The zero-order valence-electron chi connectivity index (χ0n) is 11.2. The lowest BCUT2D eigenvalue weighted by Crippen LogP contribution is -2.02. The summed E-state index contributed by atoms with van der Waals surface area (Å²) in [6.07, 6.45) is 0. The summed E-state index contributed by atoms with van der Waals surface area (Å²) in [6, 6.07) is 7.54. The van der Waals surface area contributed by atoms with Crippen molar-refractivity contribution in [2.75, 3.05) is 0 Å². The van der Waals surface area contributed by atoms with Gasteiger partial charge in [-0.2, -0.15) is 11.3 Å². The number of hydrogen-bond acceptors (Lipinski definition) is 3. The van der Waals surface area contributed by atoms with Gasteiger partial charge in [-0.3, -0.25) is 0 Å². The van der Waals surface area contributed by atoms with Crippen LogP contribution >= 0.6 is 11.3 Å². The molecule has 0 atom stereocenters. The fourth-order valence-corrected chi connectivity index (χ4v) is 3.02. The minimum atomic E-state index is -0.914. The molecule has 20 heavy (non-hydrogen) atoms. The van der Waals surface area contributed by atoms with Gasteiger partial charge in [-0.15, -0.1) is 0 Å². The van der Waals surface area contributed by atoms with E-state index in [0.29, 0.717) is 11.3 Å². The number of fused-ring (bicyclic) bond motifs is 1. The number of pyridine rings is 1. The molecular weight excluding hydrogens is 270 g/mol. The van der Waals surface area contributed by atoms with Crippen LogP contribution < -0.4 is 0 Å². The molecule has 2 heterocycles. The van der Waals surface area contributed by atoms with Gasteiger partial charge in [-0.1, -0.05) is 12.1 Å². The summed E-state index contributed by atoms with van der Waals surface area (Å²) in [7, 11) is 0. The van der Waals surface area contributed by atoms with Crippen LogP contribution in [0.2, 0.25) is 0 Å². The van der Waals surface area contributed by atoms with Crippen molar-refractivity contribution in [1.82, 2.24) is 4.98 Å². The van der Waals surface area contributed by atoms with Gasteiger partial charge < -0.3 is 5.11 Å². The first kappa shape index (κ1) is 12.8. The van der Waals surface area contributed by atoms with E-state index in [9.17, 15) is 9.90 Å². The molecule has 100 valence electrons. The Labute approximate surface area is 120 Å². The van der Waals surface area contributed by atoms with Gasteiger partial charge in [0.2, 0.25) is 0 Å². The predicted octanol–water partition coefficient (Wildman–Crippen LogP) is 4.28. The van der Waals surface area contributed by atoms with Crippen LogP contribution in [-0.2, 0) is 0 Å². The molecule has 0 amide bonds. The molecule has 0 bridgehead atoms. The first-order chi connectivity index (χ1) is 9.58. The van der Waals surface area contributed by atoms with Crippen molar-refractivity contribution in [3.05, 3.63) is 51.7 Å². The van der Waals surface area contributed by atoms with Crippen LogP contribution in [0.1, 0.15) is 21.5 Å². The molecule has 3 aromatic rings. The number of benzene rings is 1. The molecule has 0 aliphatic carbocycles. The zero-order valence-corrected chi connectivity index (χ0v) is 12.0. The summed E-state index contributed by atoms with van der Waals surface area (Å²) in [6.45, 7) is 3.87. The molecule has 1 N–H and O–H groups in total. The molecule has 0 fully saturated rings. The highest BCUT2D eigenvalue weighted by molar-refractivity contribution is 7.08. The third kappa shape index (κ3) is 1.98. The number of nitrogens with zero attached hydrogens (tertiary/aromatic N) is 1. The van der Waals surface area contributed by atoms with E-state index in [2.05, 4.69) is 4.98 Å². The molecule has 0 saturated heterocycles. The van der Waals surface area contributed by atoms with Crippen molar-refractivity contribution in [1.29, 1.82) is 0 Å². The summed E-state index contributed by atoms with van der Waals surface area (Å²) >= 11 is 1.57. The van der Waals surface area contributed by atoms with E-state index in [0.717, 1.165) is 27.6 Å². The third-order valence-electron chi connectivity index (χ3n) is 3.42. The summed E-state index contributed by atoms with van der Waals surface area (Å²) in [5.41, 5.74) is 4.69. The predicted molar refractivity (Wildman–Crippen MR) is 81.5 cm³/mol. The Hall–Kier alpha value is -2.20. The van der Waals surface area contributed by atoms with Crippen LogP contribution in [-0.4, -0.2) is 16.1 Å². The number of aromatic nitrogens is 1. The first-order valence-corrected chi connectivity index (χ1v) is 7.19. The largest absolute Gasteiger partial charge is 0.478 e. The first-order valence-electron chi connectivity index (χ1n) is 6.25. The van der Waals surface area contributed by atoms with Gasteiger partial charge in [0.15, 0.2) is 0 Å². The minimum absolute atomic E-state index is 0.317. The Morgan fingerprint density at radius 2 is 1.95 bits per heavy atom.